The van der Waals surface area contributed by atoms with Crippen molar-refractivity contribution in [1.82, 2.24) is 10.3 Å². The Balaban J connectivity index is 2.70. The van der Waals surface area contributed by atoms with Gasteiger partial charge < -0.3 is 5.32 Å². The molecule has 0 saturated carbocycles. The van der Waals surface area contributed by atoms with Crippen molar-refractivity contribution in [1.29, 1.82) is 0 Å². The van der Waals surface area contributed by atoms with E-state index < -0.39 is 0 Å². The Morgan fingerprint density at radius 3 is 2.44 bits per heavy atom. The minimum Gasteiger partial charge on any atom is -0.309 e. The van der Waals surface area contributed by atoms with Gasteiger partial charge in [0.1, 0.15) is 0 Å². The summed E-state index contributed by atoms with van der Waals surface area (Å²) in [7, 11) is 0. The summed E-state index contributed by atoms with van der Waals surface area (Å²) in [6, 6.07) is 0.592. The van der Waals surface area contributed by atoms with E-state index in [2.05, 4.69) is 39.9 Å². The molecule has 0 aromatic carbocycles. The van der Waals surface area contributed by atoms with E-state index in [0.29, 0.717) is 12.0 Å². The molecular weight excluding hydrogens is 216 g/mol. The molecule has 1 aromatic rings. The molecule has 1 heterocycles. The van der Waals surface area contributed by atoms with Gasteiger partial charge in [0, 0.05) is 23.4 Å². The van der Waals surface area contributed by atoms with Crippen molar-refractivity contribution in [3.63, 3.8) is 0 Å². The van der Waals surface area contributed by atoms with Gasteiger partial charge in [-0.15, -0.1) is 11.3 Å². The highest BCUT2D eigenvalue weighted by Gasteiger charge is 2.12. The Morgan fingerprint density at radius 2 is 1.94 bits per heavy atom. The van der Waals surface area contributed by atoms with E-state index in [9.17, 15) is 0 Å². The maximum atomic E-state index is 4.71. The van der Waals surface area contributed by atoms with E-state index in [0.717, 1.165) is 13.0 Å². The van der Waals surface area contributed by atoms with Gasteiger partial charge >= 0.3 is 0 Å². The van der Waals surface area contributed by atoms with Crippen LogP contribution in [0.3, 0.4) is 0 Å². The Hall–Kier alpha value is -0.410. The SMILES string of the molecule is CCc1nc(C(C)C)sc1CNC(C)CC. The third kappa shape index (κ3) is 3.56. The smallest absolute Gasteiger partial charge is 0.0957 e. The van der Waals surface area contributed by atoms with Gasteiger partial charge in [-0.3, -0.25) is 0 Å². The summed E-state index contributed by atoms with van der Waals surface area (Å²) in [4.78, 5) is 6.13. The Kier molecular flexibility index (Phi) is 5.42. The van der Waals surface area contributed by atoms with Gasteiger partial charge in [-0.05, 0) is 19.8 Å². The minimum atomic E-state index is 0.549. The molecule has 3 heteroatoms. The summed E-state index contributed by atoms with van der Waals surface area (Å²) in [5.41, 5.74) is 1.28. The highest BCUT2D eigenvalue weighted by atomic mass is 32.1. The first kappa shape index (κ1) is 13.7. The molecule has 1 rings (SSSR count). The second-order valence-corrected chi connectivity index (χ2v) is 5.74. The first-order valence-corrected chi connectivity index (χ1v) is 7.11. The van der Waals surface area contributed by atoms with E-state index >= 15 is 0 Å². The van der Waals surface area contributed by atoms with Gasteiger partial charge in [-0.25, -0.2) is 4.98 Å². The number of nitrogens with zero attached hydrogens (tertiary/aromatic N) is 1. The second-order valence-electron chi connectivity index (χ2n) is 4.62. The molecule has 0 bridgehead atoms. The summed E-state index contributed by atoms with van der Waals surface area (Å²) < 4.78 is 0. The summed E-state index contributed by atoms with van der Waals surface area (Å²) in [5, 5.41) is 4.82. The zero-order valence-corrected chi connectivity index (χ0v) is 11.9. The van der Waals surface area contributed by atoms with Crippen LogP contribution < -0.4 is 5.32 Å². The fourth-order valence-corrected chi connectivity index (χ4v) is 2.58. The van der Waals surface area contributed by atoms with Crippen molar-refractivity contribution in [2.24, 2.45) is 0 Å². The number of aromatic nitrogens is 1. The molecule has 0 aliphatic rings. The number of rotatable bonds is 6. The summed E-state index contributed by atoms with van der Waals surface area (Å²) in [5.74, 6) is 0.549. The lowest BCUT2D eigenvalue weighted by atomic mass is 10.2. The summed E-state index contributed by atoms with van der Waals surface area (Å²) >= 11 is 1.87. The van der Waals surface area contributed by atoms with Gasteiger partial charge in [-0.1, -0.05) is 27.7 Å². The van der Waals surface area contributed by atoms with Crippen molar-refractivity contribution in [3.05, 3.63) is 15.6 Å². The lowest BCUT2D eigenvalue weighted by Crippen LogP contribution is -2.24. The van der Waals surface area contributed by atoms with Crippen LogP contribution in [0.2, 0.25) is 0 Å². The molecule has 2 nitrogen and oxygen atoms in total. The van der Waals surface area contributed by atoms with Crippen LogP contribution in [0.15, 0.2) is 0 Å². The van der Waals surface area contributed by atoms with Crippen LogP contribution in [0.25, 0.3) is 0 Å². The molecule has 1 N–H and O–H groups in total. The topological polar surface area (TPSA) is 24.9 Å². The Bertz CT molecular complexity index is 318. The van der Waals surface area contributed by atoms with Crippen LogP contribution in [0.1, 0.15) is 62.5 Å². The molecule has 92 valence electrons. The zero-order valence-electron chi connectivity index (χ0n) is 11.1. The zero-order chi connectivity index (χ0) is 12.1. The van der Waals surface area contributed by atoms with Crippen molar-refractivity contribution < 1.29 is 0 Å². The van der Waals surface area contributed by atoms with E-state index in [1.54, 1.807) is 0 Å². The van der Waals surface area contributed by atoms with Crippen LogP contribution in [0.5, 0.6) is 0 Å². The van der Waals surface area contributed by atoms with Gasteiger partial charge in [0.25, 0.3) is 0 Å². The van der Waals surface area contributed by atoms with Crippen LogP contribution in [-0.4, -0.2) is 11.0 Å². The molecule has 0 fully saturated rings. The normalized spacial score (nSPS) is 13.4. The number of thiazole rings is 1. The molecule has 0 aliphatic heterocycles. The fraction of sp³-hybridized carbons (Fsp3) is 0.769. The highest BCUT2D eigenvalue weighted by Crippen LogP contribution is 2.25. The standard InChI is InChI=1S/C13H24N2S/c1-6-10(5)14-8-12-11(7-2)15-13(16-12)9(3)4/h9-10,14H,6-8H2,1-5H3. The molecule has 0 spiro atoms. The van der Waals surface area contributed by atoms with Gasteiger partial charge in [-0.2, -0.15) is 0 Å². The minimum absolute atomic E-state index is 0.549. The van der Waals surface area contributed by atoms with Gasteiger partial charge in [0.15, 0.2) is 0 Å². The molecule has 0 aliphatic carbocycles. The first-order chi connectivity index (χ1) is 7.58. The third-order valence-electron chi connectivity index (χ3n) is 2.85. The molecule has 1 atom stereocenters. The van der Waals surface area contributed by atoms with Crippen molar-refractivity contribution in [2.75, 3.05) is 0 Å². The molecule has 16 heavy (non-hydrogen) atoms. The number of aryl methyl sites for hydroxylation is 1. The number of nitrogens with one attached hydrogen (secondary N) is 1. The maximum absolute atomic E-state index is 4.71. The lowest BCUT2D eigenvalue weighted by Gasteiger charge is -2.10. The summed E-state index contributed by atoms with van der Waals surface area (Å²) in [6.45, 7) is 12.0. The fourth-order valence-electron chi connectivity index (χ4n) is 1.48. The van der Waals surface area contributed by atoms with E-state index in [1.807, 2.05) is 11.3 Å². The third-order valence-corrected chi connectivity index (χ3v) is 4.25. The van der Waals surface area contributed by atoms with Crippen LogP contribution >= 0.6 is 11.3 Å². The number of hydrogen-bond donors (Lipinski definition) is 1. The average Bonchev–Trinajstić information content (AvgIpc) is 2.69. The van der Waals surface area contributed by atoms with Gasteiger partial charge in [0.2, 0.25) is 0 Å². The highest BCUT2D eigenvalue weighted by molar-refractivity contribution is 7.11. The molecule has 0 saturated heterocycles. The van der Waals surface area contributed by atoms with Crippen LogP contribution in [0.4, 0.5) is 0 Å². The Morgan fingerprint density at radius 1 is 1.25 bits per heavy atom. The molecule has 1 aromatic heterocycles. The lowest BCUT2D eigenvalue weighted by molar-refractivity contribution is 0.535. The van der Waals surface area contributed by atoms with E-state index in [4.69, 9.17) is 4.98 Å². The average molecular weight is 240 g/mol. The van der Waals surface area contributed by atoms with E-state index in [-0.39, 0.29) is 0 Å². The predicted octanol–water partition coefficient (Wildman–Crippen LogP) is 3.72. The van der Waals surface area contributed by atoms with Crippen molar-refractivity contribution in [2.45, 2.75) is 66.0 Å². The Labute approximate surface area is 103 Å². The molecule has 0 radical (unpaired) electrons. The summed E-state index contributed by atoms with van der Waals surface area (Å²) in [6.07, 6.45) is 2.22. The largest absolute Gasteiger partial charge is 0.309 e. The van der Waals surface area contributed by atoms with Gasteiger partial charge in [0.05, 0.1) is 10.7 Å². The van der Waals surface area contributed by atoms with Crippen LogP contribution in [-0.2, 0) is 13.0 Å². The van der Waals surface area contributed by atoms with Crippen molar-refractivity contribution >= 4 is 11.3 Å². The maximum Gasteiger partial charge on any atom is 0.0957 e. The molecule has 0 amide bonds. The second kappa shape index (κ2) is 6.36. The predicted molar refractivity (Wildman–Crippen MR) is 72.2 cm³/mol. The van der Waals surface area contributed by atoms with Crippen molar-refractivity contribution in [3.8, 4) is 0 Å². The number of hydrogen-bond acceptors (Lipinski definition) is 3. The molecule has 1 unspecified atom stereocenters. The van der Waals surface area contributed by atoms with E-state index in [1.165, 1.54) is 22.0 Å². The monoisotopic (exact) mass is 240 g/mol. The first-order valence-electron chi connectivity index (χ1n) is 6.30. The molecular formula is C13H24N2S. The van der Waals surface area contributed by atoms with Crippen LogP contribution in [0, 0.1) is 0 Å². The quantitative estimate of drug-likeness (QED) is 0.820.